The number of nitrogens with one attached hydrogen (secondary N) is 1. The van der Waals surface area contributed by atoms with Crippen LogP contribution in [0.1, 0.15) is 38.5 Å². The number of rotatable bonds is 2. The van der Waals surface area contributed by atoms with Crippen molar-refractivity contribution in [2.45, 2.75) is 44.1 Å². The molecule has 0 aromatic carbocycles. The average Bonchev–Trinajstić information content (AvgIpc) is 2.53. The zero-order chi connectivity index (χ0) is 13.5. The second kappa shape index (κ2) is 4.51. The minimum atomic E-state index is -0.718. The summed E-state index contributed by atoms with van der Waals surface area (Å²) in [6.45, 7) is 1.38. The van der Waals surface area contributed by atoms with E-state index >= 15 is 0 Å². The molecule has 19 heavy (non-hydrogen) atoms. The Labute approximate surface area is 112 Å². The first-order valence-electron chi connectivity index (χ1n) is 7.04. The minimum absolute atomic E-state index is 0.105. The Hall–Kier alpha value is -1.59. The van der Waals surface area contributed by atoms with Crippen LogP contribution in [0.15, 0.2) is 0 Å². The number of likely N-dealkylation sites (tertiary alicyclic amines) is 1. The highest BCUT2D eigenvalue weighted by atomic mass is 16.2. The molecule has 1 N–H and O–H groups in total. The summed E-state index contributed by atoms with van der Waals surface area (Å²) >= 11 is 0. The van der Waals surface area contributed by atoms with E-state index in [1.165, 1.54) is 0 Å². The summed E-state index contributed by atoms with van der Waals surface area (Å²) in [6, 6.07) is -0.402. The largest absolute Gasteiger partial charge is 0.341 e. The van der Waals surface area contributed by atoms with Gasteiger partial charge in [0.1, 0.15) is 12.1 Å². The molecule has 104 valence electrons. The van der Waals surface area contributed by atoms with Crippen LogP contribution in [0.2, 0.25) is 0 Å². The second-order valence-corrected chi connectivity index (χ2v) is 5.70. The predicted molar refractivity (Wildman–Crippen MR) is 67.3 cm³/mol. The molecule has 3 fully saturated rings. The quantitative estimate of drug-likeness (QED) is 0.738. The highest BCUT2D eigenvalue weighted by Crippen LogP contribution is 2.33. The lowest BCUT2D eigenvalue weighted by molar-refractivity contribution is -0.141. The molecule has 0 atom stereocenters. The first-order chi connectivity index (χ1) is 9.12. The van der Waals surface area contributed by atoms with Crippen LogP contribution in [0.5, 0.6) is 0 Å². The molecule has 6 nitrogen and oxygen atoms in total. The number of amides is 4. The van der Waals surface area contributed by atoms with Gasteiger partial charge in [0.15, 0.2) is 0 Å². The molecular weight excluding hydrogens is 246 g/mol. The molecule has 0 aromatic heterocycles. The van der Waals surface area contributed by atoms with Gasteiger partial charge in [-0.1, -0.05) is 19.3 Å². The molecule has 3 aliphatic rings. The number of carbonyl (C=O) groups is 3. The van der Waals surface area contributed by atoms with E-state index in [1.807, 2.05) is 0 Å². The molecule has 1 saturated carbocycles. The maximum Gasteiger partial charge on any atom is 0.325 e. The fourth-order valence-electron chi connectivity index (χ4n) is 3.11. The number of carbonyl (C=O) groups excluding carboxylic acids is 3. The van der Waals surface area contributed by atoms with Crippen molar-refractivity contribution in [1.82, 2.24) is 15.1 Å². The molecule has 3 rings (SSSR count). The molecule has 0 bridgehead atoms. The van der Waals surface area contributed by atoms with Gasteiger partial charge in [-0.05, 0) is 19.3 Å². The van der Waals surface area contributed by atoms with Crippen molar-refractivity contribution in [2.75, 3.05) is 19.6 Å². The summed E-state index contributed by atoms with van der Waals surface area (Å²) in [6.07, 6.45) is 5.44. The van der Waals surface area contributed by atoms with Crippen LogP contribution in [0, 0.1) is 0 Å². The smallest absolute Gasteiger partial charge is 0.325 e. The fourth-order valence-corrected chi connectivity index (χ4v) is 3.11. The van der Waals surface area contributed by atoms with Gasteiger partial charge in [0, 0.05) is 13.1 Å². The van der Waals surface area contributed by atoms with Crippen molar-refractivity contribution in [3.63, 3.8) is 0 Å². The van der Waals surface area contributed by atoms with E-state index in [4.69, 9.17) is 0 Å². The first-order valence-corrected chi connectivity index (χ1v) is 7.04. The predicted octanol–water partition coefficient (Wildman–Crippen LogP) is 0.473. The molecule has 6 heteroatoms. The third-order valence-corrected chi connectivity index (χ3v) is 4.46. The second-order valence-electron chi connectivity index (χ2n) is 5.70. The molecule has 1 aliphatic carbocycles. The number of nitrogens with zero attached hydrogens (tertiary/aromatic N) is 2. The zero-order valence-electron chi connectivity index (χ0n) is 11.0. The summed E-state index contributed by atoms with van der Waals surface area (Å²) in [4.78, 5) is 39.1. The summed E-state index contributed by atoms with van der Waals surface area (Å²) in [5.41, 5.74) is -0.718. The molecule has 0 unspecified atom stereocenters. The van der Waals surface area contributed by atoms with Crippen molar-refractivity contribution in [2.24, 2.45) is 0 Å². The minimum Gasteiger partial charge on any atom is -0.341 e. The van der Waals surface area contributed by atoms with Crippen molar-refractivity contribution < 1.29 is 14.4 Å². The Kier molecular flexibility index (Phi) is 2.95. The molecule has 2 saturated heterocycles. The lowest BCUT2D eigenvalue weighted by Crippen LogP contribution is -2.50. The van der Waals surface area contributed by atoms with Gasteiger partial charge < -0.3 is 10.2 Å². The topological polar surface area (TPSA) is 69.7 Å². The van der Waals surface area contributed by atoms with Crippen LogP contribution in [-0.2, 0) is 9.59 Å². The van der Waals surface area contributed by atoms with Gasteiger partial charge in [0.05, 0.1) is 0 Å². The number of hydrogen-bond acceptors (Lipinski definition) is 3. The van der Waals surface area contributed by atoms with Gasteiger partial charge in [0.2, 0.25) is 5.91 Å². The van der Waals surface area contributed by atoms with E-state index in [2.05, 4.69) is 5.32 Å². The Morgan fingerprint density at radius 2 is 1.79 bits per heavy atom. The van der Waals surface area contributed by atoms with Gasteiger partial charge in [0.25, 0.3) is 5.91 Å². The standard InChI is InChI=1S/C13H19N3O3/c17-10(15-7-4-8-15)9-16-11(18)13(14-12(16)19)5-2-1-3-6-13/h1-9H2,(H,14,19). The van der Waals surface area contributed by atoms with Crippen molar-refractivity contribution in [3.8, 4) is 0 Å². The lowest BCUT2D eigenvalue weighted by Gasteiger charge is -2.32. The molecule has 0 aromatic rings. The molecule has 1 spiro atoms. The lowest BCUT2D eigenvalue weighted by atomic mass is 9.82. The van der Waals surface area contributed by atoms with Crippen LogP contribution >= 0.6 is 0 Å². The molecule has 0 radical (unpaired) electrons. The van der Waals surface area contributed by atoms with Crippen molar-refractivity contribution in [3.05, 3.63) is 0 Å². The maximum absolute atomic E-state index is 12.4. The van der Waals surface area contributed by atoms with E-state index in [9.17, 15) is 14.4 Å². The van der Waals surface area contributed by atoms with E-state index in [0.29, 0.717) is 12.8 Å². The molecular formula is C13H19N3O3. The van der Waals surface area contributed by atoms with Crippen molar-refractivity contribution >= 4 is 17.8 Å². The summed E-state index contributed by atoms with van der Waals surface area (Å²) in [7, 11) is 0. The number of imide groups is 1. The molecule has 2 aliphatic heterocycles. The normalized spacial score (nSPS) is 25.5. The Morgan fingerprint density at radius 1 is 1.11 bits per heavy atom. The van der Waals surface area contributed by atoms with Gasteiger partial charge in [-0.3, -0.25) is 14.5 Å². The zero-order valence-corrected chi connectivity index (χ0v) is 11.0. The number of hydrogen-bond donors (Lipinski definition) is 1. The average molecular weight is 265 g/mol. The van der Waals surface area contributed by atoms with E-state index in [0.717, 1.165) is 43.7 Å². The van der Waals surface area contributed by atoms with Crippen LogP contribution in [0.3, 0.4) is 0 Å². The van der Waals surface area contributed by atoms with Gasteiger partial charge in [-0.2, -0.15) is 0 Å². The summed E-state index contributed by atoms with van der Waals surface area (Å²) in [5.74, 6) is -0.325. The summed E-state index contributed by atoms with van der Waals surface area (Å²) in [5, 5.41) is 2.82. The molecule has 4 amide bonds. The Morgan fingerprint density at radius 3 is 2.37 bits per heavy atom. The van der Waals surface area contributed by atoms with Gasteiger partial charge in [-0.15, -0.1) is 0 Å². The summed E-state index contributed by atoms with van der Waals surface area (Å²) < 4.78 is 0. The highest BCUT2D eigenvalue weighted by Gasteiger charge is 2.51. The maximum atomic E-state index is 12.4. The van der Waals surface area contributed by atoms with Gasteiger partial charge in [-0.25, -0.2) is 4.79 Å². The van der Waals surface area contributed by atoms with Crippen LogP contribution in [0.25, 0.3) is 0 Å². The fraction of sp³-hybridized carbons (Fsp3) is 0.769. The Balaban J connectivity index is 1.70. The van der Waals surface area contributed by atoms with E-state index in [1.54, 1.807) is 4.90 Å². The van der Waals surface area contributed by atoms with Crippen LogP contribution in [-0.4, -0.2) is 52.8 Å². The number of urea groups is 1. The Bertz CT molecular complexity index is 425. The monoisotopic (exact) mass is 265 g/mol. The van der Waals surface area contributed by atoms with Crippen molar-refractivity contribution in [1.29, 1.82) is 0 Å². The van der Waals surface area contributed by atoms with E-state index < -0.39 is 11.6 Å². The third kappa shape index (κ3) is 1.99. The van der Waals surface area contributed by atoms with Crippen LogP contribution in [0.4, 0.5) is 4.79 Å². The van der Waals surface area contributed by atoms with E-state index in [-0.39, 0.29) is 18.4 Å². The highest BCUT2D eigenvalue weighted by molar-refractivity contribution is 6.09. The van der Waals surface area contributed by atoms with Crippen LogP contribution < -0.4 is 5.32 Å². The first kappa shape index (κ1) is 12.4. The molecule has 2 heterocycles. The SMILES string of the molecule is O=C(CN1C(=O)NC2(CCCCC2)C1=O)N1CCC1. The van der Waals surface area contributed by atoms with Gasteiger partial charge >= 0.3 is 6.03 Å². The third-order valence-electron chi connectivity index (χ3n) is 4.46.